The van der Waals surface area contributed by atoms with Crippen LogP contribution in [-0.2, 0) is 4.79 Å². The Labute approximate surface area is 90.9 Å². The van der Waals surface area contributed by atoms with Crippen LogP contribution < -0.4 is 5.32 Å². The van der Waals surface area contributed by atoms with Gasteiger partial charge in [0.1, 0.15) is 0 Å². The van der Waals surface area contributed by atoms with Crippen molar-refractivity contribution in [3.8, 4) is 0 Å². The van der Waals surface area contributed by atoms with E-state index in [0.29, 0.717) is 12.5 Å². The van der Waals surface area contributed by atoms with E-state index < -0.39 is 5.97 Å². The quantitative estimate of drug-likeness (QED) is 0.537. The predicted octanol–water partition coefficient (Wildman–Crippen LogP) is 1.96. The average molecular weight is 209 g/mol. The fourth-order valence-corrected chi connectivity index (χ4v) is 1.78. The number of nitrogens with one attached hydrogen (secondary N) is 1. The van der Waals surface area contributed by atoms with Crippen LogP contribution in [0.25, 0.3) is 0 Å². The van der Waals surface area contributed by atoms with Gasteiger partial charge < -0.3 is 10.4 Å². The molecule has 0 saturated heterocycles. The maximum absolute atomic E-state index is 10.4. The molecule has 0 heterocycles. The summed E-state index contributed by atoms with van der Waals surface area (Å²) in [7, 11) is 0. The number of carboxylic acid groups (broad SMARTS) is 1. The van der Waals surface area contributed by atoms with Gasteiger partial charge in [0.15, 0.2) is 0 Å². The van der Waals surface area contributed by atoms with Crippen LogP contribution in [0.15, 0.2) is 23.8 Å². The minimum absolute atomic E-state index is 0.673. The third kappa shape index (κ3) is 5.37. The predicted molar refractivity (Wildman–Crippen MR) is 60.7 cm³/mol. The first-order chi connectivity index (χ1) is 7.18. The van der Waals surface area contributed by atoms with Crippen LogP contribution in [0, 0.1) is 5.92 Å². The zero-order valence-electron chi connectivity index (χ0n) is 9.20. The fourth-order valence-electron chi connectivity index (χ4n) is 1.78. The van der Waals surface area contributed by atoms with Gasteiger partial charge in [-0.05, 0) is 38.6 Å². The monoisotopic (exact) mass is 209 g/mol. The Morgan fingerprint density at radius 3 is 3.00 bits per heavy atom. The molecule has 0 bridgehead atoms. The maximum Gasteiger partial charge on any atom is 0.328 e. The molecule has 1 aliphatic carbocycles. The Morgan fingerprint density at radius 2 is 2.40 bits per heavy atom. The molecule has 0 spiro atoms. The van der Waals surface area contributed by atoms with Gasteiger partial charge in [-0.1, -0.05) is 17.7 Å². The fraction of sp³-hybridized carbons (Fsp3) is 0.583. The van der Waals surface area contributed by atoms with E-state index in [4.69, 9.17) is 5.11 Å². The van der Waals surface area contributed by atoms with Crippen LogP contribution in [0.4, 0.5) is 0 Å². The van der Waals surface area contributed by atoms with E-state index in [1.807, 2.05) is 6.92 Å². The van der Waals surface area contributed by atoms with E-state index >= 15 is 0 Å². The van der Waals surface area contributed by atoms with Gasteiger partial charge >= 0.3 is 5.97 Å². The Hall–Kier alpha value is -1.09. The number of hydrogen-bond donors (Lipinski definition) is 2. The Morgan fingerprint density at radius 1 is 1.60 bits per heavy atom. The molecule has 0 aliphatic heterocycles. The van der Waals surface area contributed by atoms with E-state index in [1.165, 1.54) is 18.9 Å². The lowest BCUT2D eigenvalue weighted by molar-refractivity contribution is -0.131. The smallest absolute Gasteiger partial charge is 0.328 e. The van der Waals surface area contributed by atoms with E-state index in [9.17, 15) is 4.79 Å². The highest BCUT2D eigenvalue weighted by atomic mass is 16.4. The topological polar surface area (TPSA) is 49.3 Å². The molecule has 0 aromatic carbocycles. The lowest BCUT2D eigenvalue weighted by Gasteiger charge is -2.18. The van der Waals surface area contributed by atoms with Crippen LogP contribution in [0.3, 0.4) is 0 Å². The molecule has 0 aromatic heterocycles. The van der Waals surface area contributed by atoms with Crippen molar-refractivity contribution < 1.29 is 9.90 Å². The van der Waals surface area contributed by atoms with Crippen molar-refractivity contribution in [3.05, 3.63) is 23.8 Å². The molecule has 0 aromatic rings. The second kappa shape index (κ2) is 6.40. The molecule has 1 unspecified atom stereocenters. The third-order valence-electron chi connectivity index (χ3n) is 2.58. The van der Waals surface area contributed by atoms with Crippen molar-refractivity contribution in [2.24, 2.45) is 5.92 Å². The lowest BCUT2D eigenvalue weighted by Crippen LogP contribution is -2.25. The summed E-state index contributed by atoms with van der Waals surface area (Å²) in [5, 5.41) is 11.8. The largest absolute Gasteiger partial charge is 0.478 e. The maximum atomic E-state index is 10.4. The second-order valence-electron chi connectivity index (χ2n) is 4.11. The number of allylic oxidation sites excluding steroid dienone is 2. The standard InChI is InChI=1S/C12H19NO2/c1-10(7-12(14)15)8-13-9-11-5-3-2-4-6-11/h2-3,7,11,13H,4-6,8-9H2,1H3,(H,14,15)/b10-7-. The summed E-state index contributed by atoms with van der Waals surface area (Å²) in [4.78, 5) is 10.4. The van der Waals surface area contributed by atoms with Gasteiger partial charge in [0.25, 0.3) is 0 Å². The molecule has 3 heteroatoms. The highest BCUT2D eigenvalue weighted by Gasteiger charge is 2.08. The molecule has 1 aliphatic rings. The second-order valence-corrected chi connectivity index (χ2v) is 4.11. The van der Waals surface area contributed by atoms with Gasteiger partial charge in [-0.2, -0.15) is 0 Å². The Balaban J connectivity index is 2.15. The number of hydrogen-bond acceptors (Lipinski definition) is 2. The summed E-state index contributed by atoms with van der Waals surface area (Å²) in [5.41, 5.74) is 0.869. The zero-order valence-corrected chi connectivity index (χ0v) is 9.20. The summed E-state index contributed by atoms with van der Waals surface area (Å²) >= 11 is 0. The van der Waals surface area contributed by atoms with Crippen molar-refractivity contribution >= 4 is 5.97 Å². The van der Waals surface area contributed by atoms with Crippen LogP contribution in [0.5, 0.6) is 0 Å². The average Bonchev–Trinajstić information content (AvgIpc) is 2.18. The molecule has 3 nitrogen and oxygen atoms in total. The van der Waals surface area contributed by atoms with E-state index in [0.717, 1.165) is 18.5 Å². The number of aliphatic carboxylic acids is 1. The molecular weight excluding hydrogens is 190 g/mol. The molecule has 1 atom stereocenters. The molecule has 84 valence electrons. The van der Waals surface area contributed by atoms with Gasteiger partial charge in [-0.25, -0.2) is 4.79 Å². The van der Waals surface area contributed by atoms with Crippen molar-refractivity contribution in [3.63, 3.8) is 0 Å². The zero-order chi connectivity index (χ0) is 11.1. The summed E-state index contributed by atoms with van der Waals surface area (Å²) in [5.74, 6) is -0.150. The number of carbonyl (C=O) groups is 1. The van der Waals surface area contributed by atoms with Crippen LogP contribution in [0.2, 0.25) is 0 Å². The van der Waals surface area contributed by atoms with Crippen LogP contribution >= 0.6 is 0 Å². The SMILES string of the molecule is C/C(=C/C(=O)O)CNCC1CC=CCC1. The van der Waals surface area contributed by atoms with Gasteiger partial charge in [-0.15, -0.1) is 0 Å². The van der Waals surface area contributed by atoms with Gasteiger partial charge in [0, 0.05) is 12.6 Å². The normalized spacial score (nSPS) is 21.7. The first kappa shape index (κ1) is 12.0. The van der Waals surface area contributed by atoms with Gasteiger partial charge in [-0.3, -0.25) is 0 Å². The molecular formula is C12H19NO2. The molecule has 0 amide bonds. The van der Waals surface area contributed by atoms with Crippen molar-refractivity contribution in [1.29, 1.82) is 0 Å². The van der Waals surface area contributed by atoms with E-state index in [-0.39, 0.29) is 0 Å². The summed E-state index contributed by atoms with van der Waals surface area (Å²) < 4.78 is 0. The number of rotatable bonds is 5. The molecule has 15 heavy (non-hydrogen) atoms. The molecule has 2 N–H and O–H groups in total. The Kier molecular flexibility index (Phi) is 5.12. The van der Waals surface area contributed by atoms with E-state index in [2.05, 4.69) is 17.5 Å². The van der Waals surface area contributed by atoms with Crippen LogP contribution in [0.1, 0.15) is 26.2 Å². The van der Waals surface area contributed by atoms with Gasteiger partial charge in [0.05, 0.1) is 0 Å². The van der Waals surface area contributed by atoms with Crippen molar-refractivity contribution in [1.82, 2.24) is 5.32 Å². The third-order valence-corrected chi connectivity index (χ3v) is 2.58. The summed E-state index contributed by atoms with van der Waals surface area (Å²) in [6.45, 7) is 3.49. The lowest BCUT2D eigenvalue weighted by atomic mass is 9.94. The van der Waals surface area contributed by atoms with E-state index in [1.54, 1.807) is 0 Å². The Bertz CT molecular complexity index is 269. The minimum Gasteiger partial charge on any atom is -0.478 e. The molecule has 0 saturated carbocycles. The first-order valence-corrected chi connectivity index (χ1v) is 5.44. The van der Waals surface area contributed by atoms with Crippen molar-refractivity contribution in [2.45, 2.75) is 26.2 Å². The minimum atomic E-state index is -0.866. The molecule has 1 rings (SSSR count). The van der Waals surface area contributed by atoms with Crippen LogP contribution in [-0.4, -0.2) is 24.2 Å². The highest BCUT2D eigenvalue weighted by molar-refractivity contribution is 5.80. The first-order valence-electron chi connectivity index (χ1n) is 5.44. The number of carboxylic acids is 1. The van der Waals surface area contributed by atoms with Gasteiger partial charge in [0.2, 0.25) is 0 Å². The van der Waals surface area contributed by atoms with Crippen molar-refractivity contribution in [2.75, 3.05) is 13.1 Å². The highest BCUT2D eigenvalue weighted by Crippen LogP contribution is 2.16. The molecule has 0 radical (unpaired) electrons. The molecule has 0 fully saturated rings. The summed E-state index contributed by atoms with van der Waals surface area (Å²) in [6, 6.07) is 0. The summed E-state index contributed by atoms with van der Waals surface area (Å²) in [6.07, 6.45) is 9.28.